The molecule has 0 radical (unpaired) electrons. The predicted molar refractivity (Wildman–Crippen MR) is 66.4 cm³/mol. The lowest BCUT2D eigenvalue weighted by Crippen LogP contribution is -2.41. The molecule has 0 unspecified atom stereocenters. The summed E-state index contributed by atoms with van der Waals surface area (Å²) in [7, 11) is 3.50. The number of amides is 1. The normalized spacial score (nSPS) is 12.2. The highest BCUT2D eigenvalue weighted by Crippen LogP contribution is 2.10. The van der Waals surface area contributed by atoms with E-state index in [9.17, 15) is 4.79 Å². The Hall–Kier alpha value is -1.06. The number of rotatable bonds is 4. The lowest BCUT2D eigenvalue weighted by molar-refractivity contribution is -0.130. The summed E-state index contributed by atoms with van der Waals surface area (Å²) in [5.74, 6) is 0.0713. The molecule has 16 heavy (non-hydrogen) atoms. The van der Waals surface area contributed by atoms with Gasteiger partial charge < -0.3 is 10.2 Å². The number of halogens is 1. The van der Waals surface area contributed by atoms with Crippen LogP contribution in [-0.2, 0) is 11.3 Å². The zero-order chi connectivity index (χ0) is 12.1. The van der Waals surface area contributed by atoms with Crippen LogP contribution in [0.3, 0.4) is 0 Å². The molecule has 0 aliphatic rings. The molecular weight excluding hydrogens is 224 g/mol. The first kappa shape index (κ1) is 13.0. The van der Waals surface area contributed by atoms with Crippen molar-refractivity contribution in [3.63, 3.8) is 0 Å². The Morgan fingerprint density at radius 2 is 2.19 bits per heavy atom. The second kappa shape index (κ2) is 5.87. The number of carbonyl (C=O) groups is 1. The monoisotopic (exact) mass is 240 g/mol. The summed E-state index contributed by atoms with van der Waals surface area (Å²) in [6.07, 6.45) is 0. The van der Waals surface area contributed by atoms with E-state index in [2.05, 4.69) is 5.32 Å². The van der Waals surface area contributed by atoms with Gasteiger partial charge in [0.15, 0.2) is 0 Å². The van der Waals surface area contributed by atoms with Gasteiger partial charge in [0, 0.05) is 25.7 Å². The van der Waals surface area contributed by atoms with Crippen molar-refractivity contribution in [1.29, 1.82) is 0 Å². The fraction of sp³-hybridized carbons (Fsp3) is 0.417. The van der Waals surface area contributed by atoms with Crippen molar-refractivity contribution in [2.45, 2.75) is 19.5 Å². The number of hydrogen-bond acceptors (Lipinski definition) is 2. The van der Waals surface area contributed by atoms with Crippen molar-refractivity contribution in [2.75, 3.05) is 14.1 Å². The van der Waals surface area contributed by atoms with Crippen molar-refractivity contribution < 1.29 is 4.79 Å². The van der Waals surface area contributed by atoms with E-state index in [0.717, 1.165) is 5.56 Å². The highest BCUT2D eigenvalue weighted by molar-refractivity contribution is 6.30. The maximum Gasteiger partial charge on any atom is 0.238 e. The Bertz CT molecular complexity index is 366. The third kappa shape index (κ3) is 3.83. The summed E-state index contributed by atoms with van der Waals surface area (Å²) in [6.45, 7) is 2.49. The molecule has 1 aromatic rings. The van der Waals surface area contributed by atoms with Crippen LogP contribution < -0.4 is 5.32 Å². The summed E-state index contributed by atoms with van der Waals surface area (Å²) >= 11 is 5.87. The molecule has 0 saturated carbocycles. The van der Waals surface area contributed by atoms with Gasteiger partial charge in [-0.05, 0) is 24.6 Å². The zero-order valence-electron chi connectivity index (χ0n) is 9.83. The van der Waals surface area contributed by atoms with Gasteiger partial charge in [-0.25, -0.2) is 0 Å². The highest BCUT2D eigenvalue weighted by Gasteiger charge is 2.13. The van der Waals surface area contributed by atoms with Crippen LogP contribution in [-0.4, -0.2) is 30.9 Å². The molecule has 1 amide bonds. The molecule has 0 aliphatic heterocycles. The summed E-state index contributed by atoms with van der Waals surface area (Å²) in [5, 5.41) is 3.87. The van der Waals surface area contributed by atoms with Crippen molar-refractivity contribution in [1.82, 2.24) is 10.2 Å². The van der Waals surface area contributed by atoms with Crippen LogP contribution in [0.15, 0.2) is 24.3 Å². The van der Waals surface area contributed by atoms with E-state index in [1.54, 1.807) is 19.0 Å². The number of nitrogens with one attached hydrogen (secondary N) is 1. The van der Waals surface area contributed by atoms with E-state index in [4.69, 9.17) is 11.6 Å². The summed E-state index contributed by atoms with van der Waals surface area (Å²) in [4.78, 5) is 13.1. The van der Waals surface area contributed by atoms with Crippen LogP contribution in [0.2, 0.25) is 5.02 Å². The molecule has 1 aromatic carbocycles. The van der Waals surface area contributed by atoms with E-state index in [1.165, 1.54) is 0 Å². The van der Waals surface area contributed by atoms with E-state index in [0.29, 0.717) is 11.6 Å². The van der Waals surface area contributed by atoms with Crippen molar-refractivity contribution >= 4 is 17.5 Å². The lowest BCUT2D eigenvalue weighted by Gasteiger charge is -2.18. The summed E-state index contributed by atoms with van der Waals surface area (Å²) in [5.41, 5.74) is 1.07. The first-order valence-corrected chi connectivity index (χ1v) is 5.57. The number of hydrogen-bond donors (Lipinski definition) is 1. The SMILES string of the molecule is C[C@@H](NCc1cccc(Cl)c1)C(=O)N(C)C. The van der Waals surface area contributed by atoms with E-state index >= 15 is 0 Å². The van der Waals surface area contributed by atoms with Gasteiger partial charge in [-0.15, -0.1) is 0 Å². The third-order valence-corrected chi connectivity index (χ3v) is 2.55. The Morgan fingerprint density at radius 1 is 1.50 bits per heavy atom. The minimum atomic E-state index is -0.186. The Balaban J connectivity index is 2.49. The van der Waals surface area contributed by atoms with Crippen LogP contribution >= 0.6 is 11.6 Å². The predicted octanol–water partition coefficient (Wildman–Crippen LogP) is 1.91. The third-order valence-electron chi connectivity index (χ3n) is 2.31. The molecule has 0 saturated heterocycles. The minimum absolute atomic E-state index is 0.0713. The Morgan fingerprint density at radius 3 is 2.75 bits per heavy atom. The van der Waals surface area contributed by atoms with E-state index < -0.39 is 0 Å². The summed E-state index contributed by atoms with van der Waals surface area (Å²) < 4.78 is 0. The topological polar surface area (TPSA) is 32.3 Å². The average molecular weight is 241 g/mol. The number of likely N-dealkylation sites (N-methyl/N-ethyl adjacent to an activating group) is 1. The molecule has 1 rings (SSSR count). The van der Waals surface area contributed by atoms with Gasteiger partial charge in [-0.3, -0.25) is 4.79 Å². The molecular formula is C12H17ClN2O. The zero-order valence-corrected chi connectivity index (χ0v) is 10.6. The van der Waals surface area contributed by atoms with Crippen LogP contribution in [0.4, 0.5) is 0 Å². The Labute approximate surface area is 101 Å². The lowest BCUT2D eigenvalue weighted by atomic mass is 10.2. The van der Waals surface area contributed by atoms with Crippen molar-refractivity contribution in [3.05, 3.63) is 34.9 Å². The van der Waals surface area contributed by atoms with Gasteiger partial charge in [-0.1, -0.05) is 23.7 Å². The molecule has 0 heterocycles. The van der Waals surface area contributed by atoms with Crippen LogP contribution in [0.5, 0.6) is 0 Å². The fourth-order valence-electron chi connectivity index (χ4n) is 1.39. The fourth-order valence-corrected chi connectivity index (χ4v) is 1.61. The van der Waals surface area contributed by atoms with Crippen molar-refractivity contribution in [3.8, 4) is 0 Å². The molecule has 0 aliphatic carbocycles. The smallest absolute Gasteiger partial charge is 0.238 e. The van der Waals surface area contributed by atoms with Crippen LogP contribution in [0.1, 0.15) is 12.5 Å². The van der Waals surface area contributed by atoms with E-state index in [1.807, 2.05) is 31.2 Å². The highest BCUT2D eigenvalue weighted by atomic mass is 35.5. The molecule has 3 nitrogen and oxygen atoms in total. The van der Waals surface area contributed by atoms with Crippen molar-refractivity contribution in [2.24, 2.45) is 0 Å². The molecule has 1 N–H and O–H groups in total. The molecule has 0 spiro atoms. The average Bonchev–Trinajstić information content (AvgIpc) is 2.24. The molecule has 0 aromatic heterocycles. The quantitative estimate of drug-likeness (QED) is 0.872. The van der Waals surface area contributed by atoms with Gasteiger partial charge in [-0.2, -0.15) is 0 Å². The maximum atomic E-state index is 11.6. The van der Waals surface area contributed by atoms with E-state index in [-0.39, 0.29) is 11.9 Å². The van der Waals surface area contributed by atoms with Gasteiger partial charge in [0.25, 0.3) is 0 Å². The molecule has 0 bridgehead atoms. The number of carbonyl (C=O) groups excluding carboxylic acids is 1. The second-order valence-corrected chi connectivity index (χ2v) is 4.40. The second-order valence-electron chi connectivity index (χ2n) is 3.97. The largest absolute Gasteiger partial charge is 0.347 e. The van der Waals surface area contributed by atoms with Gasteiger partial charge >= 0.3 is 0 Å². The maximum absolute atomic E-state index is 11.6. The molecule has 0 fully saturated rings. The summed E-state index contributed by atoms with van der Waals surface area (Å²) in [6, 6.07) is 7.42. The first-order chi connectivity index (χ1) is 7.50. The minimum Gasteiger partial charge on any atom is -0.347 e. The standard InChI is InChI=1S/C12H17ClN2O/c1-9(12(16)15(2)3)14-8-10-5-4-6-11(13)7-10/h4-7,9,14H,8H2,1-3H3/t9-/m1/s1. The van der Waals surface area contributed by atoms with Gasteiger partial charge in [0.2, 0.25) is 5.91 Å². The Kier molecular flexibility index (Phi) is 4.77. The molecule has 88 valence electrons. The molecule has 1 atom stereocenters. The van der Waals surface area contributed by atoms with Gasteiger partial charge in [0.05, 0.1) is 6.04 Å². The van der Waals surface area contributed by atoms with Crippen LogP contribution in [0, 0.1) is 0 Å². The molecule has 4 heteroatoms. The number of benzene rings is 1. The van der Waals surface area contributed by atoms with Gasteiger partial charge in [0.1, 0.15) is 0 Å². The van der Waals surface area contributed by atoms with Crippen LogP contribution in [0.25, 0.3) is 0 Å². The first-order valence-electron chi connectivity index (χ1n) is 5.19. The number of nitrogens with zero attached hydrogens (tertiary/aromatic N) is 1.